The highest BCUT2D eigenvalue weighted by molar-refractivity contribution is 6.10. The van der Waals surface area contributed by atoms with E-state index in [0.717, 1.165) is 23.7 Å². The molecule has 2 fully saturated rings. The fourth-order valence-corrected chi connectivity index (χ4v) is 3.88. The summed E-state index contributed by atoms with van der Waals surface area (Å²) in [4.78, 5) is 41.0. The summed E-state index contributed by atoms with van der Waals surface area (Å²) in [6.07, 6.45) is 2.40. The molecule has 2 aliphatic heterocycles. The van der Waals surface area contributed by atoms with Crippen LogP contribution in [0.5, 0.6) is 0 Å². The Balaban J connectivity index is 1.40. The lowest BCUT2D eigenvalue weighted by Gasteiger charge is -2.22. The van der Waals surface area contributed by atoms with E-state index in [-0.39, 0.29) is 6.54 Å². The molecule has 0 radical (unpaired) electrons. The van der Waals surface area contributed by atoms with Crippen molar-refractivity contribution in [3.05, 3.63) is 60.2 Å². The van der Waals surface area contributed by atoms with Crippen LogP contribution in [0.15, 0.2) is 54.6 Å². The topological polar surface area (TPSA) is 81.8 Å². The highest BCUT2D eigenvalue weighted by Gasteiger charge is 2.49. The fourth-order valence-electron chi connectivity index (χ4n) is 3.88. The largest absolute Gasteiger partial charge is 0.372 e. The van der Waals surface area contributed by atoms with Gasteiger partial charge in [0.15, 0.2) is 0 Å². The molecular formula is C22H24N4O3. The van der Waals surface area contributed by atoms with Crippen LogP contribution in [0.25, 0.3) is 0 Å². The highest BCUT2D eigenvalue weighted by Crippen LogP contribution is 2.28. The van der Waals surface area contributed by atoms with Gasteiger partial charge in [0.05, 0.1) is 0 Å². The van der Waals surface area contributed by atoms with Crippen LogP contribution >= 0.6 is 0 Å². The van der Waals surface area contributed by atoms with Gasteiger partial charge in [-0.05, 0) is 49.6 Å². The number of rotatable bonds is 5. The van der Waals surface area contributed by atoms with Crippen LogP contribution in [0.3, 0.4) is 0 Å². The maximum atomic E-state index is 12.9. The summed E-state index contributed by atoms with van der Waals surface area (Å²) < 4.78 is 0. The summed E-state index contributed by atoms with van der Waals surface area (Å²) in [5, 5.41) is 5.47. The Kier molecular flexibility index (Phi) is 4.96. The average Bonchev–Trinajstić information content (AvgIpc) is 3.33. The molecule has 7 nitrogen and oxygen atoms in total. The molecule has 2 aromatic rings. The molecule has 4 rings (SSSR count). The Morgan fingerprint density at radius 1 is 1.03 bits per heavy atom. The van der Waals surface area contributed by atoms with Crippen molar-refractivity contribution < 1.29 is 14.4 Å². The summed E-state index contributed by atoms with van der Waals surface area (Å²) in [7, 11) is 0. The van der Waals surface area contributed by atoms with Crippen LogP contribution in [0, 0.1) is 0 Å². The highest BCUT2D eigenvalue weighted by atomic mass is 16.2. The van der Waals surface area contributed by atoms with Crippen LogP contribution in [0.4, 0.5) is 16.2 Å². The molecule has 2 N–H and O–H groups in total. The number of nitrogens with one attached hydrogen (secondary N) is 2. The minimum Gasteiger partial charge on any atom is -0.372 e. The van der Waals surface area contributed by atoms with E-state index in [9.17, 15) is 14.4 Å². The molecule has 0 aromatic heterocycles. The van der Waals surface area contributed by atoms with Gasteiger partial charge in [-0.2, -0.15) is 0 Å². The zero-order valence-corrected chi connectivity index (χ0v) is 16.4. The van der Waals surface area contributed by atoms with Crippen molar-refractivity contribution in [2.45, 2.75) is 25.3 Å². The van der Waals surface area contributed by atoms with Crippen LogP contribution < -0.4 is 15.5 Å². The third kappa shape index (κ3) is 3.68. The number of benzene rings is 2. The van der Waals surface area contributed by atoms with E-state index in [0.29, 0.717) is 11.3 Å². The van der Waals surface area contributed by atoms with E-state index in [1.807, 2.05) is 30.3 Å². The number of hydrogen-bond acceptors (Lipinski definition) is 4. The molecule has 29 heavy (non-hydrogen) atoms. The van der Waals surface area contributed by atoms with Gasteiger partial charge < -0.3 is 15.5 Å². The van der Waals surface area contributed by atoms with Crippen molar-refractivity contribution in [1.29, 1.82) is 0 Å². The third-order valence-corrected chi connectivity index (χ3v) is 5.55. The maximum Gasteiger partial charge on any atom is 0.325 e. The summed E-state index contributed by atoms with van der Waals surface area (Å²) in [6, 6.07) is 16.1. The molecule has 0 bridgehead atoms. The van der Waals surface area contributed by atoms with Crippen molar-refractivity contribution in [2.75, 3.05) is 29.9 Å². The third-order valence-electron chi connectivity index (χ3n) is 5.55. The maximum absolute atomic E-state index is 12.9. The molecule has 150 valence electrons. The van der Waals surface area contributed by atoms with Crippen molar-refractivity contribution in [2.24, 2.45) is 0 Å². The van der Waals surface area contributed by atoms with E-state index in [4.69, 9.17) is 0 Å². The molecule has 0 spiro atoms. The lowest BCUT2D eigenvalue weighted by atomic mass is 9.92. The zero-order chi connectivity index (χ0) is 20.4. The average molecular weight is 392 g/mol. The number of hydrogen-bond donors (Lipinski definition) is 2. The molecule has 0 aliphatic carbocycles. The Morgan fingerprint density at radius 2 is 1.69 bits per heavy atom. The van der Waals surface area contributed by atoms with E-state index in [1.54, 1.807) is 31.2 Å². The van der Waals surface area contributed by atoms with E-state index >= 15 is 0 Å². The van der Waals surface area contributed by atoms with Gasteiger partial charge in [-0.1, -0.05) is 30.3 Å². The molecule has 0 saturated carbocycles. The first-order valence-corrected chi connectivity index (χ1v) is 9.82. The van der Waals surface area contributed by atoms with Crippen LogP contribution in [-0.2, 0) is 15.1 Å². The number of amides is 4. The minimum atomic E-state index is -1.17. The first-order valence-electron chi connectivity index (χ1n) is 9.82. The monoisotopic (exact) mass is 392 g/mol. The molecule has 7 heteroatoms. The zero-order valence-electron chi connectivity index (χ0n) is 16.4. The number of anilines is 2. The first kappa shape index (κ1) is 19.0. The van der Waals surface area contributed by atoms with Crippen molar-refractivity contribution in [3.63, 3.8) is 0 Å². The van der Waals surface area contributed by atoms with E-state index in [2.05, 4.69) is 15.5 Å². The van der Waals surface area contributed by atoms with Gasteiger partial charge in [-0.3, -0.25) is 14.5 Å². The van der Waals surface area contributed by atoms with E-state index < -0.39 is 23.4 Å². The lowest BCUT2D eigenvalue weighted by molar-refractivity contribution is -0.133. The molecule has 2 aromatic carbocycles. The molecular weight excluding hydrogens is 368 g/mol. The quantitative estimate of drug-likeness (QED) is 0.767. The summed E-state index contributed by atoms with van der Waals surface area (Å²) in [6.45, 7) is 3.43. The van der Waals surface area contributed by atoms with Gasteiger partial charge in [0.25, 0.3) is 5.91 Å². The summed E-state index contributed by atoms with van der Waals surface area (Å²) in [5.74, 6) is -0.854. The van der Waals surface area contributed by atoms with Crippen molar-refractivity contribution in [3.8, 4) is 0 Å². The Hall–Kier alpha value is -3.35. The molecule has 4 amide bonds. The number of urea groups is 1. The number of carbonyl (C=O) groups excluding carboxylic acids is 3. The number of carbonyl (C=O) groups is 3. The van der Waals surface area contributed by atoms with Gasteiger partial charge in [-0.15, -0.1) is 0 Å². The van der Waals surface area contributed by atoms with Crippen molar-refractivity contribution >= 4 is 29.2 Å². The van der Waals surface area contributed by atoms with E-state index in [1.165, 1.54) is 12.8 Å². The van der Waals surface area contributed by atoms with Crippen LogP contribution in [-0.4, -0.2) is 42.4 Å². The van der Waals surface area contributed by atoms with Gasteiger partial charge >= 0.3 is 6.03 Å². The first-order chi connectivity index (χ1) is 14.0. The van der Waals surface area contributed by atoms with Gasteiger partial charge in [0.1, 0.15) is 12.1 Å². The molecule has 0 unspecified atom stereocenters. The van der Waals surface area contributed by atoms with Gasteiger partial charge in [0.2, 0.25) is 5.91 Å². The standard InChI is InChI=1S/C22H24N4O3/c1-22(16-7-3-2-4-8-16)20(28)26(21(29)24-22)15-19(27)23-17-9-11-18(12-10-17)25-13-5-6-14-25/h2-4,7-12H,5-6,13-15H2,1H3,(H,23,27)(H,24,29)/t22-/m1/s1. The van der Waals surface area contributed by atoms with Gasteiger partial charge in [0, 0.05) is 24.5 Å². The Morgan fingerprint density at radius 3 is 2.34 bits per heavy atom. The second kappa shape index (κ2) is 7.58. The predicted octanol–water partition coefficient (Wildman–Crippen LogP) is 2.69. The van der Waals surface area contributed by atoms with Crippen molar-refractivity contribution in [1.82, 2.24) is 10.2 Å². The number of nitrogens with zero attached hydrogens (tertiary/aromatic N) is 2. The number of imide groups is 1. The van der Waals surface area contributed by atoms with Crippen LogP contribution in [0.1, 0.15) is 25.3 Å². The lowest BCUT2D eigenvalue weighted by Crippen LogP contribution is -2.42. The minimum absolute atomic E-state index is 0.332. The fraction of sp³-hybridized carbons (Fsp3) is 0.318. The Bertz CT molecular complexity index is 923. The smallest absolute Gasteiger partial charge is 0.325 e. The summed E-state index contributed by atoms with van der Waals surface area (Å²) in [5.41, 5.74) is 1.28. The Labute approximate surface area is 169 Å². The van der Waals surface area contributed by atoms with Gasteiger partial charge in [-0.25, -0.2) is 4.79 Å². The van der Waals surface area contributed by atoms with Crippen LogP contribution in [0.2, 0.25) is 0 Å². The molecule has 2 aliphatic rings. The normalized spacial score (nSPS) is 21.4. The molecule has 1 atom stereocenters. The molecule has 2 saturated heterocycles. The second-order valence-electron chi connectivity index (χ2n) is 7.60. The SMILES string of the molecule is C[C@]1(c2ccccc2)NC(=O)N(CC(=O)Nc2ccc(N3CCCC3)cc2)C1=O. The summed E-state index contributed by atoms with van der Waals surface area (Å²) >= 11 is 0. The molecule has 2 heterocycles. The second-order valence-corrected chi connectivity index (χ2v) is 7.60. The predicted molar refractivity (Wildman–Crippen MR) is 111 cm³/mol.